The van der Waals surface area contributed by atoms with Gasteiger partial charge in [-0.1, -0.05) is 0 Å². The van der Waals surface area contributed by atoms with Gasteiger partial charge in [-0.15, -0.1) is 0 Å². The first kappa shape index (κ1) is 21.3. The molecule has 3 aromatic rings. The second-order valence-electron chi connectivity index (χ2n) is 7.09. The van der Waals surface area contributed by atoms with Gasteiger partial charge in [-0.3, -0.25) is 14.6 Å². The van der Waals surface area contributed by atoms with E-state index in [4.69, 9.17) is 0 Å². The number of nitrogens with zero attached hydrogens (tertiary/aromatic N) is 3. The second-order valence-corrected chi connectivity index (χ2v) is 7.09. The third kappa shape index (κ3) is 3.34. The Labute approximate surface area is 177 Å². The summed E-state index contributed by atoms with van der Waals surface area (Å²) in [6.07, 6.45) is 3.73. The Morgan fingerprint density at radius 1 is 1.12 bits per heavy atom. The number of aromatic nitrogens is 1. The van der Waals surface area contributed by atoms with Crippen LogP contribution in [0, 0.1) is 22.7 Å². The summed E-state index contributed by atoms with van der Waals surface area (Å²) in [6, 6.07) is 4.16. The molecule has 0 saturated carbocycles. The number of aromatic carboxylic acids is 1. The molecule has 1 aliphatic heterocycles. The number of carboxylic acid groups (broad SMARTS) is 1. The molecule has 0 aliphatic carbocycles. The van der Waals surface area contributed by atoms with Crippen molar-refractivity contribution in [3.8, 4) is 5.69 Å². The monoisotopic (exact) mass is 445 g/mol. The van der Waals surface area contributed by atoms with Crippen molar-refractivity contribution >= 4 is 22.6 Å². The smallest absolute Gasteiger partial charge is 0.341 e. The van der Waals surface area contributed by atoms with E-state index in [2.05, 4.69) is 0 Å². The van der Waals surface area contributed by atoms with Crippen LogP contribution in [-0.4, -0.2) is 25.9 Å². The van der Waals surface area contributed by atoms with E-state index < -0.39 is 50.1 Å². The van der Waals surface area contributed by atoms with Crippen molar-refractivity contribution in [1.82, 2.24) is 14.3 Å². The van der Waals surface area contributed by atoms with Crippen LogP contribution < -0.4 is 10.1 Å². The Morgan fingerprint density at radius 2 is 1.84 bits per heavy atom. The number of hydrogen-bond donors (Lipinski definition) is 2. The number of carboxylic acids is 1. The zero-order chi connectivity index (χ0) is 23.4. The Bertz CT molecular complexity index is 1420. The van der Waals surface area contributed by atoms with Gasteiger partial charge in [-0.05, 0) is 25.1 Å². The molecular weight excluding hydrogens is 431 g/mol. The highest BCUT2D eigenvalue weighted by Gasteiger charge is 2.28. The molecule has 0 fully saturated rings. The number of allylic oxidation sites excluding steroid dienone is 1. The largest absolute Gasteiger partial charge is 0.617 e. The molecule has 2 aromatic carbocycles. The highest BCUT2D eigenvalue weighted by atomic mass is 19.1. The minimum absolute atomic E-state index is 0.0881. The number of hydroxylamine groups is 4. The zero-order valence-electron chi connectivity index (χ0n) is 16.3. The minimum Gasteiger partial charge on any atom is -0.617 e. The summed E-state index contributed by atoms with van der Waals surface area (Å²) in [6.45, 7) is 1.40. The topological polar surface area (TPSA) is 106 Å². The fourth-order valence-electron chi connectivity index (χ4n) is 3.44. The van der Waals surface area contributed by atoms with Gasteiger partial charge in [0, 0.05) is 18.3 Å². The number of hydrogen-bond acceptors (Lipinski definition) is 5. The predicted molar refractivity (Wildman–Crippen MR) is 108 cm³/mol. The van der Waals surface area contributed by atoms with E-state index in [1.807, 2.05) is 0 Å². The maximum absolute atomic E-state index is 15.0. The summed E-state index contributed by atoms with van der Waals surface area (Å²) in [5, 5.41) is 32.5. The molecular formula is C21H14F3N3O5. The maximum atomic E-state index is 15.0. The van der Waals surface area contributed by atoms with Crippen LogP contribution in [-0.2, 0) is 0 Å². The van der Waals surface area contributed by atoms with Crippen LogP contribution in [0.15, 0.2) is 65.6 Å². The SMILES string of the molecule is CC1=C[N+]([O-])(c2cc3c(cc2F)c(=O)c(C(=O)O)cn3-c2ccc(F)cc2F)C=CN1O. The van der Waals surface area contributed by atoms with Crippen LogP contribution in [0.3, 0.4) is 0 Å². The molecule has 1 unspecified atom stereocenters. The molecule has 2 heterocycles. The number of rotatable bonds is 3. The van der Waals surface area contributed by atoms with Crippen LogP contribution in [0.2, 0.25) is 0 Å². The third-order valence-corrected chi connectivity index (χ3v) is 5.02. The highest BCUT2D eigenvalue weighted by molar-refractivity contribution is 5.94. The van der Waals surface area contributed by atoms with Gasteiger partial charge in [0.05, 0.1) is 28.5 Å². The Hall–Kier alpha value is -3.93. The number of carbonyl (C=O) groups is 1. The summed E-state index contributed by atoms with van der Waals surface area (Å²) in [7, 11) is 0. The van der Waals surface area contributed by atoms with Crippen LogP contribution >= 0.6 is 0 Å². The van der Waals surface area contributed by atoms with Crippen molar-refractivity contribution < 1.29 is 28.3 Å². The number of pyridine rings is 1. The quantitative estimate of drug-likeness (QED) is 0.467. The number of benzene rings is 2. The molecule has 11 heteroatoms. The first-order valence-electron chi connectivity index (χ1n) is 9.06. The molecule has 0 amide bonds. The standard InChI is InChI=1S/C21H14F3N3O5/c1-11-10-27(32,5-4-26(11)31)19-8-18-13(7-16(19)24)20(28)14(21(29)30)9-25(18)17-3-2-12(22)6-15(17)23/h2-10,31H,1H3,(H,29,30). The lowest BCUT2D eigenvalue weighted by atomic mass is 10.1. The Morgan fingerprint density at radius 3 is 2.47 bits per heavy atom. The Kier molecular flexibility index (Phi) is 4.89. The molecule has 0 bridgehead atoms. The van der Waals surface area contributed by atoms with Gasteiger partial charge >= 0.3 is 5.97 Å². The van der Waals surface area contributed by atoms with Gasteiger partial charge in [0.1, 0.15) is 29.6 Å². The molecule has 0 saturated heterocycles. The summed E-state index contributed by atoms with van der Waals surface area (Å²) < 4.78 is 42.3. The van der Waals surface area contributed by atoms with Crippen LogP contribution in [0.25, 0.3) is 16.6 Å². The zero-order valence-corrected chi connectivity index (χ0v) is 16.3. The molecule has 1 aliphatic rings. The normalized spacial score (nSPS) is 18.2. The molecule has 4 rings (SSSR count). The van der Waals surface area contributed by atoms with E-state index >= 15 is 0 Å². The molecule has 1 aromatic heterocycles. The van der Waals surface area contributed by atoms with Crippen molar-refractivity contribution in [3.05, 3.63) is 99.3 Å². The van der Waals surface area contributed by atoms with E-state index in [1.54, 1.807) is 0 Å². The van der Waals surface area contributed by atoms with Crippen LogP contribution in [0.1, 0.15) is 17.3 Å². The maximum Gasteiger partial charge on any atom is 0.341 e. The number of fused-ring (bicyclic) bond motifs is 1. The second kappa shape index (κ2) is 7.34. The number of quaternary nitrogens is 1. The highest BCUT2D eigenvalue weighted by Crippen LogP contribution is 2.34. The molecule has 1 atom stereocenters. The molecule has 8 nitrogen and oxygen atoms in total. The Balaban J connectivity index is 2.10. The molecule has 0 spiro atoms. The van der Waals surface area contributed by atoms with Crippen molar-refractivity contribution in [1.29, 1.82) is 0 Å². The lowest BCUT2D eigenvalue weighted by Crippen LogP contribution is -2.36. The lowest BCUT2D eigenvalue weighted by molar-refractivity contribution is -0.00859. The van der Waals surface area contributed by atoms with Gasteiger partial charge in [0.2, 0.25) is 5.43 Å². The van der Waals surface area contributed by atoms with Crippen LogP contribution in [0.5, 0.6) is 0 Å². The van der Waals surface area contributed by atoms with Crippen molar-refractivity contribution in [2.75, 3.05) is 0 Å². The summed E-state index contributed by atoms with van der Waals surface area (Å²) in [4.78, 5) is 24.2. The van der Waals surface area contributed by atoms with E-state index in [-0.39, 0.29) is 16.9 Å². The fraction of sp³-hybridized carbons (Fsp3) is 0.0476. The van der Waals surface area contributed by atoms with Gasteiger partial charge in [-0.2, -0.15) is 0 Å². The van der Waals surface area contributed by atoms with E-state index in [1.165, 1.54) is 6.92 Å². The average molecular weight is 445 g/mol. The fourth-order valence-corrected chi connectivity index (χ4v) is 3.44. The summed E-state index contributed by atoms with van der Waals surface area (Å²) in [5.41, 5.74) is -2.75. The van der Waals surface area contributed by atoms with Gasteiger partial charge in [0.15, 0.2) is 11.5 Å². The van der Waals surface area contributed by atoms with Gasteiger partial charge < -0.3 is 14.9 Å². The van der Waals surface area contributed by atoms with Crippen LogP contribution in [0.4, 0.5) is 18.9 Å². The summed E-state index contributed by atoms with van der Waals surface area (Å²) >= 11 is 0. The lowest BCUT2D eigenvalue weighted by Gasteiger charge is -2.38. The first-order valence-corrected chi connectivity index (χ1v) is 9.06. The van der Waals surface area contributed by atoms with Crippen molar-refractivity contribution in [2.24, 2.45) is 0 Å². The van der Waals surface area contributed by atoms with Gasteiger partial charge in [0.25, 0.3) is 0 Å². The molecule has 32 heavy (non-hydrogen) atoms. The third-order valence-electron chi connectivity index (χ3n) is 5.02. The average Bonchev–Trinajstić information content (AvgIpc) is 2.71. The minimum atomic E-state index is -1.63. The number of halogens is 3. The van der Waals surface area contributed by atoms with Crippen molar-refractivity contribution in [2.45, 2.75) is 6.92 Å². The predicted octanol–water partition coefficient (Wildman–Crippen LogP) is 3.95. The molecule has 164 valence electrons. The molecule has 2 N–H and O–H groups in total. The van der Waals surface area contributed by atoms with E-state index in [9.17, 15) is 38.3 Å². The van der Waals surface area contributed by atoms with E-state index in [0.29, 0.717) is 17.2 Å². The molecule has 0 radical (unpaired) electrons. The van der Waals surface area contributed by atoms with Gasteiger partial charge in [-0.25, -0.2) is 23.0 Å². The first-order chi connectivity index (χ1) is 15.0. The summed E-state index contributed by atoms with van der Waals surface area (Å²) in [5.74, 6) is -4.73. The van der Waals surface area contributed by atoms with E-state index in [0.717, 1.165) is 47.6 Å². The van der Waals surface area contributed by atoms with Crippen molar-refractivity contribution in [3.63, 3.8) is 0 Å².